The van der Waals surface area contributed by atoms with E-state index >= 15 is 0 Å². The van der Waals surface area contributed by atoms with Gasteiger partial charge in [0.25, 0.3) is 0 Å². The van der Waals surface area contributed by atoms with Gasteiger partial charge in [-0.1, -0.05) is 20.3 Å². The van der Waals surface area contributed by atoms with Gasteiger partial charge in [-0.05, 0) is 30.7 Å². The maximum atomic E-state index is 11.6. The number of nitrogen functional groups attached to an aromatic ring is 1. The Kier molecular flexibility index (Phi) is 4.16. The van der Waals surface area contributed by atoms with Crippen molar-refractivity contribution >= 4 is 17.5 Å². The number of aromatic nitrogens is 1. The van der Waals surface area contributed by atoms with Gasteiger partial charge in [0.15, 0.2) is 0 Å². The van der Waals surface area contributed by atoms with Crippen molar-refractivity contribution in [2.75, 3.05) is 18.2 Å². The van der Waals surface area contributed by atoms with E-state index in [0.29, 0.717) is 28.5 Å². The van der Waals surface area contributed by atoms with Crippen molar-refractivity contribution in [2.45, 2.75) is 45.6 Å². The molecule has 1 unspecified atom stereocenters. The number of anilines is 2. The fourth-order valence-electron chi connectivity index (χ4n) is 2.86. The number of carbonyl (C=O) groups excluding carboxylic acids is 1. The third-order valence-electron chi connectivity index (χ3n) is 3.90. The van der Waals surface area contributed by atoms with Gasteiger partial charge < -0.3 is 15.8 Å². The van der Waals surface area contributed by atoms with Gasteiger partial charge in [-0.2, -0.15) is 0 Å². The molecule has 1 aliphatic carbocycles. The molecule has 1 fully saturated rings. The predicted molar refractivity (Wildman–Crippen MR) is 79.6 cm³/mol. The summed E-state index contributed by atoms with van der Waals surface area (Å²) in [6, 6.07) is 2.06. The molecule has 3 N–H and O–H groups in total. The minimum absolute atomic E-state index is 0.339. The van der Waals surface area contributed by atoms with Crippen LogP contribution in [-0.4, -0.2) is 24.1 Å². The number of nitrogens with two attached hydrogens (primary N) is 1. The number of pyridine rings is 1. The first-order chi connectivity index (χ1) is 9.41. The standard InChI is InChI=1S/C15H23N3O2/c1-15(2)6-4-5-10(8-15)18-13-7-11(14(19)20-3)12(16)9-17-13/h7,9-10H,4-6,8,16H2,1-3H3,(H,17,18). The van der Waals surface area contributed by atoms with Crippen LogP contribution in [0.4, 0.5) is 11.5 Å². The Morgan fingerprint density at radius 1 is 1.55 bits per heavy atom. The molecule has 1 aromatic rings. The smallest absolute Gasteiger partial charge is 0.340 e. The number of nitrogens with zero attached hydrogens (tertiary/aromatic N) is 1. The molecule has 1 aromatic heterocycles. The summed E-state index contributed by atoms with van der Waals surface area (Å²) in [4.78, 5) is 15.9. The van der Waals surface area contributed by atoms with Crippen molar-refractivity contribution < 1.29 is 9.53 Å². The van der Waals surface area contributed by atoms with E-state index in [9.17, 15) is 4.79 Å². The van der Waals surface area contributed by atoms with E-state index in [-0.39, 0.29) is 0 Å². The van der Waals surface area contributed by atoms with Gasteiger partial charge in [-0.15, -0.1) is 0 Å². The summed E-state index contributed by atoms with van der Waals surface area (Å²) in [5, 5.41) is 3.41. The quantitative estimate of drug-likeness (QED) is 0.831. The lowest BCUT2D eigenvalue weighted by Gasteiger charge is -2.35. The Morgan fingerprint density at radius 2 is 2.30 bits per heavy atom. The van der Waals surface area contributed by atoms with Crippen molar-refractivity contribution in [2.24, 2.45) is 5.41 Å². The second-order valence-electron chi connectivity index (χ2n) is 6.25. The van der Waals surface area contributed by atoms with Crippen LogP contribution in [-0.2, 0) is 4.74 Å². The predicted octanol–water partition coefficient (Wildman–Crippen LogP) is 2.83. The molecule has 1 saturated carbocycles. The van der Waals surface area contributed by atoms with Crippen LogP contribution in [0, 0.1) is 5.41 Å². The third-order valence-corrected chi connectivity index (χ3v) is 3.90. The van der Waals surface area contributed by atoms with E-state index in [2.05, 4.69) is 24.1 Å². The van der Waals surface area contributed by atoms with Crippen LogP contribution >= 0.6 is 0 Å². The van der Waals surface area contributed by atoms with Crippen LogP contribution in [0.15, 0.2) is 12.3 Å². The molecule has 0 saturated heterocycles. The topological polar surface area (TPSA) is 77.2 Å². The summed E-state index contributed by atoms with van der Waals surface area (Å²) in [5.41, 5.74) is 6.81. The fraction of sp³-hybridized carbons (Fsp3) is 0.600. The maximum absolute atomic E-state index is 11.6. The molecule has 1 heterocycles. The number of carbonyl (C=O) groups is 1. The molecule has 0 aliphatic heterocycles. The molecule has 0 radical (unpaired) electrons. The van der Waals surface area contributed by atoms with E-state index in [0.717, 1.165) is 12.8 Å². The molecular formula is C15H23N3O2. The first-order valence-corrected chi connectivity index (χ1v) is 7.02. The van der Waals surface area contributed by atoms with Gasteiger partial charge in [0.1, 0.15) is 5.82 Å². The summed E-state index contributed by atoms with van der Waals surface area (Å²) >= 11 is 0. The molecule has 5 heteroatoms. The van der Waals surface area contributed by atoms with Gasteiger partial charge in [-0.3, -0.25) is 0 Å². The Labute approximate surface area is 119 Å². The molecule has 1 aliphatic rings. The maximum Gasteiger partial charge on any atom is 0.340 e. The summed E-state index contributed by atoms with van der Waals surface area (Å²) in [7, 11) is 1.35. The summed E-state index contributed by atoms with van der Waals surface area (Å²) in [5.74, 6) is 0.249. The minimum atomic E-state index is -0.433. The zero-order chi connectivity index (χ0) is 14.8. The van der Waals surface area contributed by atoms with Gasteiger partial charge in [0.2, 0.25) is 0 Å². The molecular weight excluding hydrogens is 254 g/mol. The third kappa shape index (κ3) is 3.40. The number of nitrogens with one attached hydrogen (secondary N) is 1. The van der Waals surface area contributed by atoms with E-state index in [1.54, 1.807) is 6.07 Å². The summed E-state index contributed by atoms with van der Waals surface area (Å²) in [6.45, 7) is 4.58. The van der Waals surface area contributed by atoms with Crippen molar-refractivity contribution in [3.8, 4) is 0 Å². The van der Waals surface area contributed by atoms with Crippen LogP contribution in [0.2, 0.25) is 0 Å². The van der Waals surface area contributed by atoms with Crippen LogP contribution < -0.4 is 11.1 Å². The van der Waals surface area contributed by atoms with Gasteiger partial charge in [0, 0.05) is 6.04 Å². The first-order valence-electron chi connectivity index (χ1n) is 7.02. The first kappa shape index (κ1) is 14.6. The second-order valence-corrected chi connectivity index (χ2v) is 6.25. The average Bonchev–Trinajstić information content (AvgIpc) is 2.39. The number of esters is 1. The second kappa shape index (κ2) is 5.69. The Morgan fingerprint density at radius 3 is 2.95 bits per heavy atom. The normalized spacial score (nSPS) is 21.2. The summed E-state index contributed by atoms with van der Waals surface area (Å²) in [6.07, 6.45) is 6.20. The number of hydrogen-bond acceptors (Lipinski definition) is 5. The highest BCUT2D eigenvalue weighted by Crippen LogP contribution is 2.36. The number of hydrogen-bond donors (Lipinski definition) is 2. The Balaban J connectivity index is 2.12. The van der Waals surface area contributed by atoms with E-state index in [1.165, 1.54) is 26.1 Å². The number of ether oxygens (including phenoxy) is 1. The van der Waals surface area contributed by atoms with E-state index in [4.69, 9.17) is 10.5 Å². The lowest BCUT2D eigenvalue weighted by molar-refractivity contribution is 0.0602. The molecule has 5 nitrogen and oxygen atoms in total. The molecule has 0 amide bonds. The Hall–Kier alpha value is -1.78. The molecule has 0 bridgehead atoms. The lowest BCUT2D eigenvalue weighted by Crippen LogP contribution is -2.32. The highest BCUT2D eigenvalue weighted by atomic mass is 16.5. The minimum Gasteiger partial charge on any atom is -0.465 e. The molecule has 2 rings (SSSR count). The largest absolute Gasteiger partial charge is 0.465 e. The fourth-order valence-corrected chi connectivity index (χ4v) is 2.86. The molecule has 1 atom stereocenters. The molecule has 0 spiro atoms. The van der Waals surface area contributed by atoms with E-state index < -0.39 is 5.97 Å². The monoisotopic (exact) mass is 277 g/mol. The summed E-state index contributed by atoms with van der Waals surface area (Å²) < 4.78 is 4.72. The van der Waals surface area contributed by atoms with Crippen LogP contribution in [0.3, 0.4) is 0 Å². The highest BCUT2D eigenvalue weighted by molar-refractivity contribution is 5.95. The Bertz CT molecular complexity index is 500. The van der Waals surface area contributed by atoms with Crippen LogP contribution in [0.5, 0.6) is 0 Å². The van der Waals surface area contributed by atoms with Crippen LogP contribution in [0.25, 0.3) is 0 Å². The van der Waals surface area contributed by atoms with Crippen molar-refractivity contribution in [3.05, 3.63) is 17.8 Å². The van der Waals surface area contributed by atoms with Crippen molar-refractivity contribution in [1.29, 1.82) is 0 Å². The lowest BCUT2D eigenvalue weighted by atomic mass is 9.75. The average molecular weight is 277 g/mol. The zero-order valence-corrected chi connectivity index (χ0v) is 12.4. The molecule has 0 aromatic carbocycles. The highest BCUT2D eigenvalue weighted by Gasteiger charge is 2.28. The zero-order valence-electron chi connectivity index (χ0n) is 12.4. The van der Waals surface area contributed by atoms with Crippen LogP contribution in [0.1, 0.15) is 49.9 Å². The SMILES string of the molecule is COC(=O)c1cc(NC2CCCC(C)(C)C2)ncc1N. The van der Waals surface area contributed by atoms with E-state index in [1.807, 2.05) is 0 Å². The van der Waals surface area contributed by atoms with Crippen molar-refractivity contribution in [1.82, 2.24) is 4.98 Å². The van der Waals surface area contributed by atoms with Gasteiger partial charge >= 0.3 is 5.97 Å². The van der Waals surface area contributed by atoms with Gasteiger partial charge in [0.05, 0.1) is 24.6 Å². The number of rotatable bonds is 3. The molecule has 110 valence electrons. The number of methoxy groups -OCH3 is 1. The molecule has 20 heavy (non-hydrogen) atoms. The van der Waals surface area contributed by atoms with Crippen molar-refractivity contribution in [3.63, 3.8) is 0 Å². The van der Waals surface area contributed by atoms with Gasteiger partial charge in [-0.25, -0.2) is 9.78 Å².